The Labute approximate surface area is 336 Å². The van der Waals surface area contributed by atoms with Gasteiger partial charge in [-0.3, -0.25) is 9.59 Å². The SMILES string of the molecule is CCN(CC)c1ccc(C(O)c2ccccc2C(=O)OCC(C)(C)COC(=O)C(C)(C)COC(=O)c2ccccc2C(=O)c2ccc(N(CC)CC)cc2O)cc1. The van der Waals surface area contributed by atoms with Crippen molar-refractivity contribution in [1.82, 2.24) is 0 Å². The highest BCUT2D eigenvalue weighted by atomic mass is 16.6. The molecule has 0 saturated heterocycles. The molecule has 57 heavy (non-hydrogen) atoms. The molecule has 1 atom stereocenters. The first-order valence-corrected chi connectivity index (χ1v) is 19.4. The molecule has 11 nitrogen and oxygen atoms in total. The van der Waals surface area contributed by atoms with Crippen molar-refractivity contribution < 1.29 is 43.6 Å². The number of aliphatic hydroxyl groups excluding tert-OH is 1. The number of rotatable bonds is 19. The van der Waals surface area contributed by atoms with Gasteiger partial charge in [-0.15, -0.1) is 0 Å². The fraction of sp³-hybridized carbons (Fsp3) is 0.391. The van der Waals surface area contributed by atoms with Crippen LogP contribution in [-0.2, 0) is 19.0 Å². The first-order valence-electron chi connectivity index (χ1n) is 19.4. The number of aromatic hydroxyl groups is 1. The molecule has 1 unspecified atom stereocenters. The summed E-state index contributed by atoms with van der Waals surface area (Å²) in [6.07, 6.45) is -1.05. The predicted molar refractivity (Wildman–Crippen MR) is 221 cm³/mol. The zero-order chi connectivity index (χ0) is 41.9. The van der Waals surface area contributed by atoms with Crippen molar-refractivity contribution in [1.29, 1.82) is 0 Å². The van der Waals surface area contributed by atoms with Crippen LogP contribution < -0.4 is 9.80 Å². The summed E-state index contributed by atoms with van der Waals surface area (Å²) >= 11 is 0. The van der Waals surface area contributed by atoms with E-state index < -0.39 is 40.6 Å². The third-order valence-electron chi connectivity index (χ3n) is 9.86. The predicted octanol–water partition coefficient (Wildman–Crippen LogP) is 8.01. The molecule has 0 aliphatic carbocycles. The Hall–Kier alpha value is -5.68. The minimum atomic E-state index is -1.27. The lowest BCUT2D eigenvalue weighted by Gasteiger charge is -2.28. The quantitative estimate of drug-likeness (QED) is 0.0543. The van der Waals surface area contributed by atoms with Gasteiger partial charge in [0.15, 0.2) is 5.78 Å². The number of ketones is 1. The van der Waals surface area contributed by atoms with Crippen molar-refractivity contribution in [2.45, 2.75) is 61.5 Å². The molecule has 0 aliphatic rings. The summed E-state index contributed by atoms with van der Waals surface area (Å²) in [5.74, 6) is -2.83. The van der Waals surface area contributed by atoms with Crippen LogP contribution in [-0.4, -0.2) is 79.9 Å². The van der Waals surface area contributed by atoms with Gasteiger partial charge in [0.2, 0.25) is 0 Å². The molecule has 0 aromatic heterocycles. The molecule has 0 saturated carbocycles. The summed E-state index contributed by atoms with van der Waals surface area (Å²) in [5, 5.41) is 22.0. The Morgan fingerprint density at radius 3 is 1.68 bits per heavy atom. The number of carbonyl (C=O) groups excluding carboxylic acids is 4. The van der Waals surface area contributed by atoms with E-state index in [1.54, 1.807) is 70.2 Å². The fourth-order valence-electron chi connectivity index (χ4n) is 6.28. The zero-order valence-corrected chi connectivity index (χ0v) is 34.3. The van der Waals surface area contributed by atoms with Crippen LogP contribution in [0.3, 0.4) is 0 Å². The van der Waals surface area contributed by atoms with Gasteiger partial charge in [0.05, 0.1) is 35.3 Å². The van der Waals surface area contributed by atoms with Crippen LogP contribution in [0.5, 0.6) is 5.75 Å². The van der Waals surface area contributed by atoms with Crippen LogP contribution in [0.1, 0.15) is 109 Å². The van der Waals surface area contributed by atoms with E-state index in [2.05, 4.69) is 18.7 Å². The van der Waals surface area contributed by atoms with Crippen molar-refractivity contribution in [3.63, 3.8) is 0 Å². The number of benzene rings is 4. The van der Waals surface area contributed by atoms with E-state index in [9.17, 15) is 29.4 Å². The molecule has 2 N–H and O–H groups in total. The van der Waals surface area contributed by atoms with Crippen LogP contribution in [0.2, 0.25) is 0 Å². The number of nitrogens with zero attached hydrogens (tertiary/aromatic N) is 2. The summed E-state index contributed by atoms with van der Waals surface area (Å²) < 4.78 is 16.9. The van der Waals surface area contributed by atoms with Crippen LogP contribution in [0.4, 0.5) is 11.4 Å². The summed E-state index contributed by atoms with van der Waals surface area (Å²) in [7, 11) is 0. The Morgan fingerprint density at radius 2 is 1.09 bits per heavy atom. The molecule has 0 amide bonds. The monoisotopic (exact) mass is 780 g/mol. The second-order valence-corrected chi connectivity index (χ2v) is 15.3. The lowest BCUT2D eigenvalue weighted by molar-refractivity contribution is -0.160. The summed E-state index contributed by atoms with van der Waals surface area (Å²) in [6.45, 7) is 17.5. The van der Waals surface area contributed by atoms with Crippen molar-refractivity contribution in [3.05, 3.63) is 124 Å². The van der Waals surface area contributed by atoms with Crippen molar-refractivity contribution in [3.8, 4) is 5.75 Å². The number of anilines is 2. The van der Waals surface area contributed by atoms with E-state index in [1.807, 2.05) is 43.0 Å². The van der Waals surface area contributed by atoms with E-state index in [-0.39, 0.29) is 47.8 Å². The number of phenols is 1. The first-order chi connectivity index (χ1) is 27.1. The minimum absolute atomic E-state index is 0.0101. The van der Waals surface area contributed by atoms with Crippen LogP contribution in [0, 0.1) is 10.8 Å². The van der Waals surface area contributed by atoms with Gasteiger partial charge >= 0.3 is 17.9 Å². The van der Waals surface area contributed by atoms with Gasteiger partial charge in [-0.2, -0.15) is 0 Å². The highest BCUT2D eigenvalue weighted by Gasteiger charge is 2.34. The van der Waals surface area contributed by atoms with Crippen molar-refractivity contribution in [2.24, 2.45) is 10.8 Å². The fourth-order valence-corrected chi connectivity index (χ4v) is 6.28. The zero-order valence-electron chi connectivity index (χ0n) is 34.3. The Kier molecular flexibility index (Phi) is 15.0. The lowest BCUT2D eigenvalue weighted by Crippen LogP contribution is -2.36. The molecule has 4 rings (SSSR count). The number of ether oxygens (including phenoxy) is 3. The summed E-state index contributed by atoms with van der Waals surface area (Å²) in [5.41, 5.74) is 1.11. The molecule has 304 valence electrons. The second kappa shape index (κ2) is 19.5. The maximum Gasteiger partial charge on any atom is 0.338 e. The lowest BCUT2D eigenvalue weighted by atomic mass is 9.93. The summed E-state index contributed by atoms with van der Waals surface area (Å²) in [4.78, 5) is 57.6. The number of phenolic OH excluding ortho intramolecular Hbond substituents is 1. The molecule has 0 bridgehead atoms. The molecule has 0 radical (unpaired) electrons. The van der Waals surface area contributed by atoms with Gasteiger partial charge in [0.25, 0.3) is 0 Å². The number of esters is 3. The Bertz CT molecular complexity index is 2010. The average Bonchev–Trinajstić information content (AvgIpc) is 3.21. The number of carbonyl (C=O) groups is 4. The molecule has 4 aromatic rings. The van der Waals surface area contributed by atoms with Gasteiger partial charge in [0, 0.05) is 54.6 Å². The van der Waals surface area contributed by atoms with E-state index in [0.717, 1.165) is 37.6 Å². The summed E-state index contributed by atoms with van der Waals surface area (Å²) in [6, 6.07) is 25.3. The van der Waals surface area contributed by atoms with Gasteiger partial charge in [-0.1, -0.05) is 62.4 Å². The molecule has 0 heterocycles. The number of hydrogen-bond acceptors (Lipinski definition) is 11. The van der Waals surface area contributed by atoms with E-state index in [4.69, 9.17) is 14.2 Å². The topological polar surface area (TPSA) is 143 Å². The van der Waals surface area contributed by atoms with Crippen LogP contribution >= 0.6 is 0 Å². The molecule has 11 heteroatoms. The first kappa shape index (κ1) is 44.0. The normalized spacial score (nSPS) is 12.0. The molecule has 4 aromatic carbocycles. The average molecular weight is 781 g/mol. The standard InChI is InChI=1S/C46H56N2O9/c1-9-47(10-2)32-23-21-31(22-24-32)40(50)34-17-13-15-19-36(34)42(52)55-28-45(5,6)29-57-44(54)46(7,8)30-56-43(53)37-20-16-14-18-35(37)41(51)38-26-25-33(27-39(38)49)48(11-3)12-4/h13-27,40,49-50H,9-12,28-30H2,1-8H3. The second-order valence-electron chi connectivity index (χ2n) is 15.3. The van der Waals surface area contributed by atoms with Gasteiger partial charge in [0.1, 0.15) is 18.5 Å². The molecule has 0 fully saturated rings. The van der Waals surface area contributed by atoms with E-state index in [0.29, 0.717) is 11.1 Å². The maximum atomic E-state index is 13.5. The van der Waals surface area contributed by atoms with Crippen molar-refractivity contribution in [2.75, 3.05) is 55.8 Å². The molecule has 0 spiro atoms. The molecule has 0 aliphatic heterocycles. The van der Waals surface area contributed by atoms with E-state index >= 15 is 0 Å². The number of hydrogen-bond donors (Lipinski definition) is 2. The molecular formula is C46H56N2O9. The van der Waals surface area contributed by atoms with Gasteiger partial charge in [-0.25, -0.2) is 9.59 Å². The van der Waals surface area contributed by atoms with Crippen LogP contribution in [0.25, 0.3) is 0 Å². The van der Waals surface area contributed by atoms with Gasteiger partial charge < -0.3 is 34.2 Å². The highest BCUT2D eigenvalue weighted by Crippen LogP contribution is 2.30. The largest absolute Gasteiger partial charge is 0.507 e. The number of aliphatic hydroxyl groups is 1. The van der Waals surface area contributed by atoms with E-state index in [1.165, 1.54) is 24.3 Å². The van der Waals surface area contributed by atoms with Gasteiger partial charge in [-0.05, 0) is 89.1 Å². The third kappa shape index (κ3) is 11.0. The highest BCUT2D eigenvalue weighted by molar-refractivity contribution is 6.15. The van der Waals surface area contributed by atoms with Crippen molar-refractivity contribution >= 4 is 35.1 Å². The Morgan fingerprint density at radius 1 is 0.596 bits per heavy atom. The van der Waals surface area contributed by atoms with Crippen LogP contribution in [0.15, 0.2) is 91.0 Å². The Balaban J connectivity index is 1.34. The minimum Gasteiger partial charge on any atom is -0.507 e. The third-order valence-corrected chi connectivity index (χ3v) is 9.86. The smallest absolute Gasteiger partial charge is 0.338 e. The molecular weight excluding hydrogens is 725 g/mol. The maximum absolute atomic E-state index is 13.5.